The van der Waals surface area contributed by atoms with Crippen molar-refractivity contribution in [3.05, 3.63) is 47.4 Å². The minimum Gasteiger partial charge on any atom is -0.267 e. The quantitative estimate of drug-likeness (QED) is 0.764. The predicted molar refractivity (Wildman–Crippen MR) is 68.7 cm³/mol. The number of nitrogens with zero attached hydrogens (tertiary/aromatic N) is 3. The van der Waals surface area contributed by atoms with Gasteiger partial charge in [0.05, 0.1) is 17.0 Å². The summed E-state index contributed by atoms with van der Waals surface area (Å²) in [6.07, 6.45) is 3.98. The molecule has 88 valence electrons. The molecule has 2 aromatic heterocycles. The molecular weight excluding hydrogens is 226 g/mol. The first-order valence-corrected chi connectivity index (χ1v) is 5.74. The van der Waals surface area contributed by atoms with Crippen LogP contribution in [0.4, 0.5) is 0 Å². The molecule has 3 heterocycles. The van der Waals surface area contributed by atoms with Crippen LogP contribution in [0.2, 0.25) is 0 Å². The molecule has 0 aliphatic carbocycles. The zero-order chi connectivity index (χ0) is 12.5. The average molecular weight is 237 g/mol. The third-order valence-electron chi connectivity index (χ3n) is 2.89. The number of fused-ring (bicyclic) bond motifs is 1. The zero-order valence-corrected chi connectivity index (χ0v) is 9.92. The lowest BCUT2D eigenvalue weighted by Crippen LogP contribution is -2.10. The number of pyridine rings is 2. The van der Waals surface area contributed by atoms with Crippen LogP contribution in [0.5, 0.6) is 0 Å². The van der Waals surface area contributed by atoms with E-state index in [-0.39, 0.29) is 5.91 Å². The number of carbonyl (C=O) groups is 1. The molecule has 0 saturated carbocycles. The van der Waals surface area contributed by atoms with Gasteiger partial charge in [0.25, 0.3) is 5.91 Å². The molecule has 4 nitrogen and oxygen atoms in total. The Morgan fingerprint density at radius 2 is 2.11 bits per heavy atom. The van der Waals surface area contributed by atoms with Crippen LogP contribution in [0.25, 0.3) is 11.3 Å². The summed E-state index contributed by atoms with van der Waals surface area (Å²) >= 11 is 0. The van der Waals surface area contributed by atoms with Crippen molar-refractivity contribution < 1.29 is 4.79 Å². The maximum atomic E-state index is 11.5. The molecule has 2 aromatic rings. The lowest BCUT2D eigenvalue weighted by molar-refractivity contribution is 0.100. The summed E-state index contributed by atoms with van der Waals surface area (Å²) in [7, 11) is 0. The molecule has 4 heteroatoms. The fraction of sp³-hybridized carbons (Fsp3) is 0.143. The van der Waals surface area contributed by atoms with Gasteiger partial charge >= 0.3 is 0 Å². The van der Waals surface area contributed by atoms with Gasteiger partial charge in [-0.3, -0.25) is 14.8 Å². The van der Waals surface area contributed by atoms with Crippen molar-refractivity contribution in [2.24, 2.45) is 4.99 Å². The highest BCUT2D eigenvalue weighted by Gasteiger charge is 2.16. The Bertz CT molecular complexity index is 662. The number of hydrogen-bond acceptors (Lipinski definition) is 3. The number of rotatable bonds is 1. The highest BCUT2D eigenvalue weighted by atomic mass is 16.1. The summed E-state index contributed by atoms with van der Waals surface area (Å²) in [6.45, 7) is 1.94. The van der Waals surface area contributed by atoms with E-state index < -0.39 is 0 Å². The van der Waals surface area contributed by atoms with E-state index in [1.54, 1.807) is 18.5 Å². The molecule has 1 aliphatic heterocycles. The Kier molecular flexibility index (Phi) is 2.48. The molecule has 0 saturated heterocycles. The van der Waals surface area contributed by atoms with Crippen molar-refractivity contribution in [1.82, 2.24) is 9.97 Å². The van der Waals surface area contributed by atoms with Crippen molar-refractivity contribution in [3.63, 3.8) is 0 Å². The highest BCUT2D eigenvalue weighted by Crippen LogP contribution is 2.21. The first kappa shape index (κ1) is 10.8. The normalized spacial score (nSPS) is 13.5. The maximum Gasteiger partial charge on any atom is 0.278 e. The van der Waals surface area contributed by atoms with Crippen molar-refractivity contribution in [1.29, 1.82) is 0 Å². The Labute approximate surface area is 104 Å². The first-order chi connectivity index (χ1) is 8.74. The average Bonchev–Trinajstić information content (AvgIpc) is 2.39. The van der Waals surface area contributed by atoms with E-state index in [4.69, 9.17) is 0 Å². The van der Waals surface area contributed by atoms with Crippen LogP contribution in [0.3, 0.4) is 0 Å². The zero-order valence-electron chi connectivity index (χ0n) is 9.92. The summed E-state index contributed by atoms with van der Waals surface area (Å²) in [5.74, 6) is -0.207. The van der Waals surface area contributed by atoms with E-state index in [9.17, 15) is 4.79 Å². The van der Waals surface area contributed by atoms with E-state index in [1.807, 2.05) is 25.1 Å². The molecule has 3 rings (SSSR count). The predicted octanol–water partition coefficient (Wildman–Crippen LogP) is 2.22. The molecule has 1 aliphatic rings. The molecule has 0 spiro atoms. The molecular formula is C14H11N3O. The Morgan fingerprint density at radius 1 is 1.22 bits per heavy atom. The summed E-state index contributed by atoms with van der Waals surface area (Å²) < 4.78 is 0. The number of carbonyl (C=O) groups excluding carboxylic acids is 1. The number of aryl methyl sites for hydroxylation is 1. The number of aromatic nitrogens is 2. The van der Waals surface area contributed by atoms with Crippen molar-refractivity contribution >= 4 is 12.1 Å². The lowest BCUT2D eigenvalue weighted by atomic mass is 10.1. The first-order valence-electron chi connectivity index (χ1n) is 5.74. The van der Waals surface area contributed by atoms with Gasteiger partial charge in [-0.05, 0) is 31.2 Å². The summed E-state index contributed by atoms with van der Waals surface area (Å²) in [5.41, 5.74) is 4.22. The molecule has 18 heavy (non-hydrogen) atoms. The van der Waals surface area contributed by atoms with Crippen LogP contribution in [-0.4, -0.2) is 22.1 Å². The van der Waals surface area contributed by atoms with Crippen molar-refractivity contribution in [2.75, 3.05) is 0 Å². The van der Waals surface area contributed by atoms with Gasteiger partial charge in [-0.15, -0.1) is 0 Å². The molecule has 1 amide bonds. The minimum atomic E-state index is -0.207. The SMILES string of the molecule is Cc1cc(-c2ccc3c(n2)CC=NC3=O)ccn1. The Hall–Kier alpha value is -2.36. The smallest absolute Gasteiger partial charge is 0.267 e. The van der Waals surface area contributed by atoms with Gasteiger partial charge in [0, 0.05) is 30.1 Å². The minimum absolute atomic E-state index is 0.207. The Balaban J connectivity index is 2.09. The molecule has 0 aromatic carbocycles. The monoisotopic (exact) mass is 237 g/mol. The standard InChI is InChI=1S/C14H11N3O/c1-9-8-10(4-6-15-9)12-3-2-11-13(17-12)5-7-16-14(11)18/h2-4,6-8H,5H2,1H3. The Morgan fingerprint density at radius 3 is 2.94 bits per heavy atom. The van der Waals surface area contributed by atoms with Crippen LogP contribution < -0.4 is 0 Å². The molecule has 0 unspecified atom stereocenters. The van der Waals surface area contributed by atoms with Crippen LogP contribution >= 0.6 is 0 Å². The highest BCUT2D eigenvalue weighted by molar-refractivity contribution is 6.03. The molecule has 0 radical (unpaired) electrons. The fourth-order valence-electron chi connectivity index (χ4n) is 2.00. The van der Waals surface area contributed by atoms with Gasteiger partial charge in [-0.2, -0.15) is 0 Å². The largest absolute Gasteiger partial charge is 0.278 e. The van der Waals surface area contributed by atoms with E-state index in [1.165, 1.54) is 0 Å². The third-order valence-corrected chi connectivity index (χ3v) is 2.89. The van der Waals surface area contributed by atoms with Gasteiger partial charge in [0.2, 0.25) is 0 Å². The number of aliphatic imine (C=N–C) groups is 1. The lowest BCUT2D eigenvalue weighted by Gasteiger charge is -2.10. The maximum absolute atomic E-state index is 11.5. The second-order valence-corrected chi connectivity index (χ2v) is 4.20. The van der Waals surface area contributed by atoms with E-state index >= 15 is 0 Å². The van der Waals surface area contributed by atoms with E-state index in [0.29, 0.717) is 12.0 Å². The van der Waals surface area contributed by atoms with Gasteiger partial charge < -0.3 is 0 Å². The second-order valence-electron chi connectivity index (χ2n) is 4.20. The third kappa shape index (κ3) is 1.82. The van der Waals surface area contributed by atoms with Crippen LogP contribution in [0, 0.1) is 6.92 Å². The summed E-state index contributed by atoms with van der Waals surface area (Å²) in [5, 5.41) is 0. The molecule has 0 fully saturated rings. The number of amides is 1. The van der Waals surface area contributed by atoms with Crippen molar-refractivity contribution in [2.45, 2.75) is 13.3 Å². The van der Waals surface area contributed by atoms with Crippen LogP contribution in [0.15, 0.2) is 35.5 Å². The summed E-state index contributed by atoms with van der Waals surface area (Å²) in [4.78, 5) is 24.0. The number of hydrogen-bond donors (Lipinski definition) is 0. The summed E-state index contributed by atoms with van der Waals surface area (Å²) in [6, 6.07) is 7.55. The van der Waals surface area contributed by atoms with Gasteiger partial charge in [-0.1, -0.05) is 0 Å². The molecule has 0 bridgehead atoms. The molecule has 0 atom stereocenters. The fourth-order valence-corrected chi connectivity index (χ4v) is 2.00. The van der Waals surface area contributed by atoms with E-state index in [2.05, 4.69) is 15.0 Å². The van der Waals surface area contributed by atoms with Gasteiger partial charge in [-0.25, -0.2) is 4.99 Å². The topological polar surface area (TPSA) is 55.2 Å². The van der Waals surface area contributed by atoms with Gasteiger partial charge in [0.15, 0.2) is 0 Å². The van der Waals surface area contributed by atoms with Crippen LogP contribution in [-0.2, 0) is 6.42 Å². The molecule has 0 N–H and O–H groups in total. The van der Waals surface area contributed by atoms with Gasteiger partial charge in [0.1, 0.15) is 0 Å². The second kappa shape index (κ2) is 4.14. The van der Waals surface area contributed by atoms with Crippen molar-refractivity contribution in [3.8, 4) is 11.3 Å². The van der Waals surface area contributed by atoms with E-state index in [0.717, 1.165) is 22.6 Å². The van der Waals surface area contributed by atoms with Crippen LogP contribution in [0.1, 0.15) is 21.7 Å².